The number of amides is 1. The van der Waals surface area contributed by atoms with Crippen LogP contribution in [0.1, 0.15) is 30.4 Å². The molecule has 0 spiro atoms. The number of rotatable bonds is 3. The summed E-state index contributed by atoms with van der Waals surface area (Å²) in [5, 5.41) is 0. The van der Waals surface area contributed by atoms with E-state index in [4.69, 9.17) is 10.5 Å². The highest BCUT2D eigenvalue weighted by Crippen LogP contribution is 2.54. The highest BCUT2D eigenvalue weighted by molar-refractivity contribution is 5.77. The first-order chi connectivity index (χ1) is 8.18. The van der Waals surface area contributed by atoms with Gasteiger partial charge in [-0.3, -0.25) is 4.79 Å². The molecule has 0 radical (unpaired) electrons. The molecule has 1 amide bonds. The zero-order chi connectivity index (χ0) is 12.0. The second kappa shape index (κ2) is 3.76. The second-order valence-corrected chi connectivity index (χ2v) is 5.12. The van der Waals surface area contributed by atoms with Crippen molar-refractivity contribution in [1.29, 1.82) is 0 Å². The maximum Gasteiger partial charge on any atom is 0.220 e. The lowest BCUT2D eigenvalue weighted by Gasteiger charge is -2.09. The Kier molecular flexibility index (Phi) is 2.35. The van der Waals surface area contributed by atoms with Gasteiger partial charge in [0.1, 0.15) is 5.75 Å². The number of hydrogen-bond donors (Lipinski definition) is 1. The molecule has 1 saturated carbocycles. The van der Waals surface area contributed by atoms with E-state index < -0.39 is 0 Å². The smallest absolute Gasteiger partial charge is 0.220 e. The van der Waals surface area contributed by atoms with Crippen LogP contribution in [-0.4, -0.2) is 12.5 Å². The van der Waals surface area contributed by atoms with Crippen molar-refractivity contribution in [2.24, 2.45) is 17.6 Å². The molecule has 1 aromatic carbocycles. The Balaban J connectivity index is 1.84. The van der Waals surface area contributed by atoms with Crippen LogP contribution in [0.4, 0.5) is 0 Å². The van der Waals surface area contributed by atoms with E-state index in [9.17, 15) is 4.79 Å². The molecule has 1 aliphatic heterocycles. The lowest BCUT2D eigenvalue weighted by molar-refractivity contribution is -0.121. The van der Waals surface area contributed by atoms with E-state index in [2.05, 4.69) is 6.07 Å². The number of primary amides is 1. The van der Waals surface area contributed by atoms with Crippen LogP contribution in [0.25, 0.3) is 0 Å². The van der Waals surface area contributed by atoms with Gasteiger partial charge in [0.2, 0.25) is 5.91 Å². The zero-order valence-electron chi connectivity index (χ0n) is 9.98. The first-order valence-corrected chi connectivity index (χ1v) is 6.22. The van der Waals surface area contributed by atoms with Crippen LogP contribution in [0.2, 0.25) is 0 Å². The van der Waals surface area contributed by atoms with Crippen molar-refractivity contribution in [3.05, 3.63) is 29.3 Å². The molecule has 0 aromatic heterocycles. The number of fused-ring (bicyclic) bond motifs is 1. The lowest BCUT2D eigenvalue weighted by Crippen LogP contribution is -2.22. The number of hydrogen-bond acceptors (Lipinski definition) is 2. The van der Waals surface area contributed by atoms with Crippen LogP contribution in [0, 0.1) is 11.8 Å². The normalized spacial score (nSPS) is 27.1. The first kappa shape index (κ1) is 10.6. The summed E-state index contributed by atoms with van der Waals surface area (Å²) in [6, 6.07) is 6.25. The molecule has 17 heavy (non-hydrogen) atoms. The van der Waals surface area contributed by atoms with Gasteiger partial charge in [-0.25, -0.2) is 0 Å². The average molecular weight is 231 g/mol. The van der Waals surface area contributed by atoms with Gasteiger partial charge < -0.3 is 10.5 Å². The van der Waals surface area contributed by atoms with Crippen molar-refractivity contribution in [3.63, 3.8) is 0 Å². The van der Waals surface area contributed by atoms with Crippen LogP contribution in [0.3, 0.4) is 0 Å². The highest BCUT2D eigenvalue weighted by Gasteiger charge is 2.45. The molecule has 1 aromatic rings. The third kappa shape index (κ3) is 1.70. The SMILES string of the molecule is CC(C(N)=O)C1CC1c1cccc2c1CCO2. The molecule has 2 N–H and O–H groups in total. The van der Waals surface area contributed by atoms with Gasteiger partial charge in [0.25, 0.3) is 0 Å². The van der Waals surface area contributed by atoms with E-state index in [0.29, 0.717) is 11.8 Å². The number of nitrogens with two attached hydrogens (primary N) is 1. The largest absolute Gasteiger partial charge is 0.493 e. The Morgan fingerprint density at radius 2 is 2.35 bits per heavy atom. The minimum Gasteiger partial charge on any atom is -0.493 e. The summed E-state index contributed by atoms with van der Waals surface area (Å²) >= 11 is 0. The van der Waals surface area contributed by atoms with Crippen molar-refractivity contribution >= 4 is 5.91 Å². The summed E-state index contributed by atoms with van der Waals surface area (Å²) in [5.74, 6) is 1.77. The molecule has 1 fully saturated rings. The summed E-state index contributed by atoms with van der Waals surface area (Å²) in [7, 11) is 0. The number of carbonyl (C=O) groups excluding carboxylic acids is 1. The lowest BCUT2D eigenvalue weighted by atomic mass is 9.96. The fourth-order valence-electron chi connectivity index (χ4n) is 2.93. The number of carbonyl (C=O) groups is 1. The topological polar surface area (TPSA) is 52.3 Å². The molecule has 1 aliphatic carbocycles. The van der Waals surface area contributed by atoms with E-state index >= 15 is 0 Å². The number of ether oxygens (including phenoxy) is 1. The van der Waals surface area contributed by atoms with Crippen LogP contribution >= 0.6 is 0 Å². The maximum atomic E-state index is 11.2. The molecule has 2 aliphatic rings. The predicted octanol–water partition coefficient (Wildman–Crippen LogP) is 1.85. The molecule has 0 bridgehead atoms. The van der Waals surface area contributed by atoms with Crippen molar-refractivity contribution in [2.75, 3.05) is 6.61 Å². The fourth-order valence-corrected chi connectivity index (χ4v) is 2.93. The van der Waals surface area contributed by atoms with E-state index in [0.717, 1.165) is 25.2 Å². The standard InChI is InChI=1S/C14H17NO2/c1-8(14(15)16)11-7-12(11)9-3-2-4-13-10(9)5-6-17-13/h2-4,8,11-12H,5-7H2,1H3,(H2,15,16). The van der Waals surface area contributed by atoms with Gasteiger partial charge in [0.15, 0.2) is 0 Å². The van der Waals surface area contributed by atoms with E-state index in [1.165, 1.54) is 11.1 Å². The molecule has 0 saturated heterocycles. The quantitative estimate of drug-likeness (QED) is 0.863. The average Bonchev–Trinajstić information content (AvgIpc) is 2.95. The van der Waals surface area contributed by atoms with E-state index in [1.54, 1.807) is 0 Å². The van der Waals surface area contributed by atoms with Gasteiger partial charge in [-0.1, -0.05) is 19.1 Å². The minimum atomic E-state index is -0.179. The van der Waals surface area contributed by atoms with Gasteiger partial charge in [0.05, 0.1) is 6.61 Å². The summed E-state index contributed by atoms with van der Waals surface area (Å²) in [4.78, 5) is 11.2. The summed E-state index contributed by atoms with van der Waals surface area (Å²) in [6.07, 6.45) is 2.08. The van der Waals surface area contributed by atoms with Gasteiger partial charge in [0, 0.05) is 17.9 Å². The second-order valence-electron chi connectivity index (χ2n) is 5.12. The zero-order valence-corrected chi connectivity index (χ0v) is 9.98. The molecule has 3 unspecified atom stereocenters. The van der Waals surface area contributed by atoms with Gasteiger partial charge >= 0.3 is 0 Å². The third-order valence-corrected chi connectivity index (χ3v) is 4.11. The van der Waals surface area contributed by atoms with E-state index in [-0.39, 0.29) is 11.8 Å². The molecule has 90 valence electrons. The molecular formula is C14H17NO2. The molecule has 1 heterocycles. The third-order valence-electron chi connectivity index (χ3n) is 4.11. The van der Waals surface area contributed by atoms with Crippen LogP contribution < -0.4 is 10.5 Å². The van der Waals surface area contributed by atoms with Gasteiger partial charge in [-0.2, -0.15) is 0 Å². The van der Waals surface area contributed by atoms with Crippen molar-refractivity contribution in [1.82, 2.24) is 0 Å². The summed E-state index contributed by atoms with van der Waals surface area (Å²) in [5.41, 5.74) is 8.08. The van der Waals surface area contributed by atoms with Crippen LogP contribution in [0.5, 0.6) is 5.75 Å². The Bertz CT molecular complexity index is 469. The summed E-state index contributed by atoms with van der Waals surface area (Å²) in [6.45, 7) is 2.72. The molecule has 3 nitrogen and oxygen atoms in total. The number of benzene rings is 1. The monoisotopic (exact) mass is 231 g/mol. The fraction of sp³-hybridized carbons (Fsp3) is 0.500. The Morgan fingerprint density at radius 1 is 1.53 bits per heavy atom. The van der Waals surface area contributed by atoms with E-state index in [1.807, 2.05) is 19.1 Å². The predicted molar refractivity (Wildman–Crippen MR) is 64.8 cm³/mol. The Labute approximate surface area is 101 Å². The van der Waals surface area contributed by atoms with Gasteiger partial charge in [-0.15, -0.1) is 0 Å². The molecule has 3 rings (SSSR count). The van der Waals surface area contributed by atoms with Crippen molar-refractivity contribution in [2.45, 2.75) is 25.7 Å². The van der Waals surface area contributed by atoms with Crippen molar-refractivity contribution in [3.8, 4) is 5.75 Å². The maximum absolute atomic E-state index is 11.2. The van der Waals surface area contributed by atoms with Gasteiger partial charge in [-0.05, 0) is 29.9 Å². The van der Waals surface area contributed by atoms with Crippen LogP contribution in [-0.2, 0) is 11.2 Å². The Hall–Kier alpha value is -1.51. The first-order valence-electron chi connectivity index (χ1n) is 6.22. The van der Waals surface area contributed by atoms with Crippen LogP contribution in [0.15, 0.2) is 18.2 Å². The molecule has 3 atom stereocenters. The van der Waals surface area contributed by atoms with Crippen molar-refractivity contribution < 1.29 is 9.53 Å². The highest BCUT2D eigenvalue weighted by atomic mass is 16.5. The Morgan fingerprint density at radius 3 is 3.12 bits per heavy atom. The molecule has 3 heteroatoms. The summed E-state index contributed by atoms with van der Waals surface area (Å²) < 4.78 is 5.57. The molecular weight excluding hydrogens is 214 g/mol. The minimum absolute atomic E-state index is 0.0156.